The van der Waals surface area contributed by atoms with E-state index in [1.165, 1.54) is 12.8 Å². The van der Waals surface area contributed by atoms with E-state index < -0.39 is 0 Å². The zero-order valence-corrected chi connectivity index (χ0v) is 12.1. The van der Waals surface area contributed by atoms with Crippen LogP contribution in [0.25, 0.3) is 0 Å². The van der Waals surface area contributed by atoms with E-state index in [0.717, 1.165) is 30.2 Å². The maximum atomic E-state index is 6.09. The van der Waals surface area contributed by atoms with Gasteiger partial charge < -0.3 is 15.0 Å². The number of rotatable bonds is 4. The minimum Gasteiger partial charge on any atom is -0.367 e. The largest absolute Gasteiger partial charge is 0.367 e. The van der Waals surface area contributed by atoms with Crippen LogP contribution in [-0.4, -0.2) is 34.3 Å². The molecular weight excluding hydrogens is 262 g/mol. The number of nitrogens with zero attached hydrogens (tertiary/aromatic N) is 2. The molecule has 19 heavy (non-hydrogen) atoms. The zero-order valence-electron chi connectivity index (χ0n) is 11.3. The van der Waals surface area contributed by atoms with E-state index >= 15 is 0 Å². The molecule has 2 atom stereocenters. The van der Waals surface area contributed by atoms with E-state index in [2.05, 4.69) is 10.1 Å². The summed E-state index contributed by atoms with van der Waals surface area (Å²) >= 11 is 1.85. The predicted molar refractivity (Wildman–Crippen MR) is 74.1 cm³/mol. The molecule has 1 aliphatic carbocycles. The van der Waals surface area contributed by atoms with Crippen molar-refractivity contribution in [3.8, 4) is 0 Å². The summed E-state index contributed by atoms with van der Waals surface area (Å²) in [6.45, 7) is 2.70. The van der Waals surface area contributed by atoms with Crippen molar-refractivity contribution >= 4 is 11.8 Å². The van der Waals surface area contributed by atoms with Gasteiger partial charge in [0.15, 0.2) is 0 Å². The molecule has 0 radical (unpaired) electrons. The Balaban J connectivity index is 1.83. The first-order valence-electron chi connectivity index (χ1n) is 7.06. The van der Waals surface area contributed by atoms with Crippen molar-refractivity contribution in [2.24, 2.45) is 5.73 Å². The number of aromatic nitrogens is 2. The molecule has 2 aliphatic rings. The Labute approximate surface area is 117 Å². The third kappa shape index (κ3) is 2.41. The first kappa shape index (κ1) is 13.4. The summed E-state index contributed by atoms with van der Waals surface area (Å²) in [5.74, 6) is 3.57. The summed E-state index contributed by atoms with van der Waals surface area (Å²) in [4.78, 5) is 4.62. The van der Waals surface area contributed by atoms with Crippen LogP contribution in [0.2, 0.25) is 0 Å². The van der Waals surface area contributed by atoms with Crippen LogP contribution in [-0.2, 0) is 10.3 Å². The van der Waals surface area contributed by atoms with Crippen LogP contribution < -0.4 is 5.73 Å². The fourth-order valence-corrected chi connectivity index (χ4v) is 4.34. The lowest BCUT2D eigenvalue weighted by Crippen LogP contribution is -2.29. The highest BCUT2D eigenvalue weighted by molar-refractivity contribution is 7.99. The molecule has 3 rings (SSSR count). The number of thioether (sulfide) groups is 1. The first-order valence-corrected chi connectivity index (χ1v) is 8.22. The third-order valence-corrected chi connectivity index (χ3v) is 5.34. The molecule has 0 bridgehead atoms. The molecule has 1 saturated heterocycles. The van der Waals surface area contributed by atoms with Crippen molar-refractivity contribution in [2.45, 2.75) is 50.2 Å². The van der Waals surface area contributed by atoms with Gasteiger partial charge in [-0.05, 0) is 32.6 Å². The average Bonchev–Trinajstić information content (AvgIpc) is 3.08. The standard InChI is InChI=1S/C13H21N3O2S/c1-2-17-13(5-3-4-6-13)12-15-11(18-16-12)9-7-19-8-10(9)14/h9-10H,2-8,14H2,1H3. The van der Waals surface area contributed by atoms with Gasteiger partial charge in [0.1, 0.15) is 5.60 Å². The average molecular weight is 283 g/mol. The molecule has 1 aliphatic heterocycles. The van der Waals surface area contributed by atoms with Gasteiger partial charge in [0, 0.05) is 24.2 Å². The van der Waals surface area contributed by atoms with Crippen molar-refractivity contribution in [3.63, 3.8) is 0 Å². The third-order valence-electron chi connectivity index (χ3n) is 4.12. The number of ether oxygens (including phenoxy) is 1. The molecule has 0 aromatic carbocycles. The van der Waals surface area contributed by atoms with Gasteiger partial charge in [-0.15, -0.1) is 0 Å². The lowest BCUT2D eigenvalue weighted by Gasteiger charge is -2.24. The van der Waals surface area contributed by atoms with Crippen molar-refractivity contribution in [3.05, 3.63) is 11.7 Å². The van der Waals surface area contributed by atoms with E-state index in [-0.39, 0.29) is 17.6 Å². The molecule has 106 valence electrons. The Morgan fingerprint density at radius 1 is 1.42 bits per heavy atom. The summed E-state index contributed by atoms with van der Waals surface area (Å²) in [6, 6.07) is 0.130. The van der Waals surface area contributed by atoms with Gasteiger partial charge in [-0.2, -0.15) is 16.7 Å². The molecular formula is C13H21N3O2S. The minimum absolute atomic E-state index is 0.130. The van der Waals surface area contributed by atoms with Crippen LogP contribution in [0.3, 0.4) is 0 Å². The summed E-state index contributed by atoms with van der Waals surface area (Å²) in [6.07, 6.45) is 4.32. The quantitative estimate of drug-likeness (QED) is 0.911. The Kier molecular flexibility index (Phi) is 3.82. The lowest BCUT2D eigenvalue weighted by molar-refractivity contribution is -0.0469. The highest BCUT2D eigenvalue weighted by atomic mass is 32.2. The molecule has 0 spiro atoms. The second kappa shape index (κ2) is 5.42. The van der Waals surface area contributed by atoms with Crippen molar-refractivity contribution in [2.75, 3.05) is 18.1 Å². The fourth-order valence-electron chi connectivity index (χ4n) is 3.05. The van der Waals surface area contributed by atoms with Gasteiger partial charge in [-0.1, -0.05) is 5.16 Å². The Hall–Kier alpha value is -0.590. The maximum absolute atomic E-state index is 6.09. The number of hydrogen-bond acceptors (Lipinski definition) is 6. The van der Waals surface area contributed by atoms with Gasteiger partial charge in [0.2, 0.25) is 11.7 Å². The Bertz CT molecular complexity index is 431. The van der Waals surface area contributed by atoms with Gasteiger partial charge >= 0.3 is 0 Å². The molecule has 2 unspecified atom stereocenters. The van der Waals surface area contributed by atoms with Crippen molar-refractivity contribution in [1.29, 1.82) is 0 Å². The molecule has 6 heteroatoms. The second-order valence-corrected chi connectivity index (χ2v) is 6.47. The molecule has 0 amide bonds. The molecule has 1 aromatic rings. The SMILES string of the molecule is CCOC1(c2noc(C3CSCC3N)n2)CCCC1. The van der Waals surface area contributed by atoms with Gasteiger partial charge in [0.05, 0.1) is 5.92 Å². The fraction of sp³-hybridized carbons (Fsp3) is 0.846. The van der Waals surface area contributed by atoms with E-state index in [0.29, 0.717) is 12.5 Å². The van der Waals surface area contributed by atoms with Gasteiger partial charge in [-0.25, -0.2) is 0 Å². The van der Waals surface area contributed by atoms with E-state index in [1.54, 1.807) is 0 Å². The monoisotopic (exact) mass is 283 g/mol. The summed E-state index contributed by atoms with van der Waals surface area (Å²) < 4.78 is 11.4. The van der Waals surface area contributed by atoms with Crippen molar-refractivity contribution < 1.29 is 9.26 Å². The highest BCUT2D eigenvalue weighted by Gasteiger charge is 2.42. The Morgan fingerprint density at radius 3 is 2.84 bits per heavy atom. The maximum Gasteiger partial charge on any atom is 0.232 e. The predicted octanol–water partition coefficient (Wildman–Crippen LogP) is 2.03. The number of nitrogens with two attached hydrogens (primary N) is 1. The van der Waals surface area contributed by atoms with Crippen LogP contribution in [0.15, 0.2) is 4.52 Å². The summed E-state index contributed by atoms with van der Waals surface area (Å²) in [5, 5.41) is 4.19. The van der Waals surface area contributed by atoms with E-state index in [9.17, 15) is 0 Å². The summed E-state index contributed by atoms with van der Waals surface area (Å²) in [5.41, 5.74) is 5.77. The van der Waals surface area contributed by atoms with Crippen LogP contribution in [0.5, 0.6) is 0 Å². The number of hydrogen-bond donors (Lipinski definition) is 1. The highest BCUT2D eigenvalue weighted by Crippen LogP contribution is 2.41. The van der Waals surface area contributed by atoms with Crippen LogP contribution in [0, 0.1) is 0 Å². The van der Waals surface area contributed by atoms with Crippen LogP contribution >= 0.6 is 11.8 Å². The Morgan fingerprint density at radius 2 is 2.21 bits per heavy atom. The molecule has 2 fully saturated rings. The van der Waals surface area contributed by atoms with Crippen LogP contribution in [0.4, 0.5) is 0 Å². The minimum atomic E-state index is -0.313. The normalized spacial score (nSPS) is 30.0. The topological polar surface area (TPSA) is 74.2 Å². The van der Waals surface area contributed by atoms with E-state index in [1.807, 2.05) is 18.7 Å². The van der Waals surface area contributed by atoms with Crippen LogP contribution in [0.1, 0.15) is 50.2 Å². The van der Waals surface area contributed by atoms with E-state index in [4.69, 9.17) is 15.0 Å². The molecule has 1 aromatic heterocycles. The van der Waals surface area contributed by atoms with Gasteiger partial charge in [-0.3, -0.25) is 0 Å². The van der Waals surface area contributed by atoms with Crippen molar-refractivity contribution in [1.82, 2.24) is 10.1 Å². The molecule has 2 heterocycles. The molecule has 1 saturated carbocycles. The molecule has 5 nitrogen and oxygen atoms in total. The van der Waals surface area contributed by atoms with Gasteiger partial charge in [0.25, 0.3) is 0 Å². The lowest BCUT2D eigenvalue weighted by atomic mass is 10.0. The smallest absolute Gasteiger partial charge is 0.232 e. The second-order valence-electron chi connectivity index (χ2n) is 5.40. The molecule has 2 N–H and O–H groups in total. The zero-order chi connectivity index (χ0) is 13.3. The first-order chi connectivity index (χ1) is 9.25. The summed E-state index contributed by atoms with van der Waals surface area (Å²) in [7, 11) is 0.